The molecule has 0 heterocycles. The van der Waals surface area contributed by atoms with Gasteiger partial charge >= 0.3 is 12.1 Å². The summed E-state index contributed by atoms with van der Waals surface area (Å²) in [4.78, 5) is 26.6. The lowest BCUT2D eigenvalue weighted by Crippen LogP contribution is -2.49. The third-order valence-electron chi connectivity index (χ3n) is 7.08. The van der Waals surface area contributed by atoms with Crippen LogP contribution in [0.1, 0.15) is 67.1 Å². The maximum atomic E-state index is 13.5. The quantitative estimate of drug-likeness (QED) is 0.449. The Morgan fingerprint density at radius 1 is 1.03 bits per heavy atom. The Labute approximate surface area is 204 Å². The summed E-state index contributed by atoms with van der Waals surface area (Å²) >= 11 is 0. The second-order valence-corrected chi connectivity index (χ2v) is 10.0. The number of carbonyl (C=O) groups is 2. The molecule has 0 bridgehead atoms. The van der Waals surface area contributed by atoms with Gasteiger partial charge in [0.2, 0.25) is 5.91 Å². The van der Waals surface area contributed by atoms with Gasteiger partial charge in [0.25, 0.3) is 0 Å². The molecule has 0 aromatic heterocycles. The zero-order valence-corrected chi connectivity index (χ0v) is 20.5. The van der Waals surface area contributed by atoms with Crippen molar-refractivity contribution in [3.05, 3.63) is 70.8 Å². The average molecular weight is 491 g/mol. The zero-order chi connectivity index (χ0) is 26.0. The molecule has 35 heavy (non-hydrogen) atoms. The fourth-order valence-corrected chi connectivity index (χ4v) is 4.17. The number of hydrogen-bond donors (Lipinski definition) is 2. The fourth-order valence-electron chi connectivity index (χ4n) is 4.17. The summed E-state index contributed by atoms with van der Waals surface area (Å²) in [6, 6.07) is 11.1. The number of rotatable bonds is 10. The minimum atomic E-state index is -4.39. The molecule has 2 aromatic rings. The number of carboxylic acids is 1. The standard InChI is InChI=1S/C27H33F3N2O3/c1-17(2)18(3)15-23(32(4)16-19-5-9-22(10-6-19)27(28,29)30)24(33)31-26(13-14-26)21-11-7-20(8-12-21)25(34)35/h5-12,17-18,23H,13-16H2,1-4H3,(H,31,33)(H,34,35). The molecule has 2 aromatic carbocycles. The first-order chi connectivity index (χ1) is 16.3. The fraction of sp³-hybridized carbons (Fsp3) is 0.481. The molecule has 1 aliphatic rings. The van der Waals surface area contributed by atoms with Crippen LogP contribution < -0.4 is 5.32 Å². The van der Waals surface area contributed by atoms with E-state index in [9.17, 15) is 22.8 Å². The van der Waals surface area contributed by atoms with Crippen molar-refractivity contribution in [3.63, 3.8) is 0 Å². The van der Waals surface area contributed by atoms with Gasteiger partial charge in [0, 0.05) is 6.54 Å². The number of carbonyl (C=O) groups excluding carboxylic acids is 1. The number of alkyl halides is 3. The van der Waals surface area contributed by atoms with Crippen LogP contribution in [0.3, 0.4) is 0 Å². The summed E-state index contributed by atoms with van der Waals surface area (Å²) in [7, 11) is 1.82. The number of carboxylic acid groups (broad SMARTS) is 1. The van der Waals surface area contributed by atoms with Crippen LogP contribution >= 0.6 is 0 Å². The predicted molar refractivity (Wildman–Crippen MR) is 128 cm³/mol. The molecule has 1 saturated carbocycles. The van der Waals surface area contributed by atoms with E-state index in [0.29, 0.717) is 24.4 Å². The van der Waals surface area contributed by atoms with Crippen LogP contribution in [-0.2, 0) is 23.1 Å². The highest BCUT2D eigenvalue weighted by Crippen LogP contribution is 2.45. The highest BCUT2D eigenvalue weighted by atomic mass is 19.4. The van der Waals surface area contributed by atoms with Crippen LogP contribution in [0.25, 0.3) is 0 Å². The maximum absolute atomic E-state index is 13.5. The summed E-state index contributed by atoms with van der Waals surface area (Å²) in [6.45, 7) is 6.62. The van der Waals surface area contributed by atoms with E-state index in [2.05, 4.69) is 26.1 Å². The third-order valence-corrected chi connectivity index (χ3v) is 7.08. The van der Waals surface area contributed by atoms with E-state index in [1.165, 1.54) is 12.1 Å². The minimum Gasteiger partial charge on any atom is -0.478 e. The van der Waals surface area contributed by atoms with Gasteiger partial charge in [-0.25, -0.2) is 4.79 Å². The maximum Gasteiger partial charge on any atom is 0.416 e. The Balaban J connectivity index is 1.76. The van der Waals surface area contributed by atoms with Crippen molar-refractivity contribution >= 4 is 11.9 Å². The number of likely N-dealkylation sites (N-methyl/N-ethyl adjacent to an activating group) is 1. The molecular formula is C27H33F3N2O3. The number of hydrogen-bond acceptors (Lipinski definition) is 3. The summed E-state index contributed by atoms with van der Waals surface area (Å²) in [5.74, 6) is -0.515. The number of nitrogens with one attached hydrogen (secondary N) is 1. The van der Waals surface area contributed by atoms with Crippen LogP contribution in [0.15, 0.2) is 48.5 Å². The van der Waals surface area contributed by atoms with E-state index in [4.69, 9.17) is 5.11 Å². The van der Waals surface area contributed by atoms with Crippen molar-refractivity contribution in [3.8, 4) is 0 Å². The van der Waals surface area contributed by atoms with E-state index in [0.717, 1.165) is 30.5 Å². The molecule has 3 rings (SSSR count). The number of amides is 1. The van der Waals surface area contributed by atoms with Crippen LogP contribution in [-0.4, -0.2) is 35.0 Å². The van der Waals surface area contributed by atoms with Crippen molar-refractivity contribution in [2.24, 2.45) is 11.8 Å². The van der Waals surface area contributed by atoms with Crippen molar-refractivity contribution in [2.45, 2.75) is 64.3 Å². The van der Waals surface area contributed by atoms with Gasteiger partial charge in [-0.1, -0.05) is 45.0 Å². The lowest BCUT2D eigenvalue weighted by molar-refractivity contribution is -0.137. The first-order valence-electron chi connectivity index (χ1n) is 11.8. The van der Waals surface area contributed by atoms with E-state index in [-0.39, 0.29) is 17.4 Å². The molecule has 1 fully saturated rings. The van der Waals surface area contributed by atoms with Crippen molar-refractivity contribution < 1.29 is 27.9 Å². The van der Waals surface area contributed by atoms with Gasteiger partial charge in [0.05, 0.1) is 22.7 Å². The predicted octanol–water partition coefficient (Wildman–Crippen LogP) is 5.69. The number of benzene rings is 2. The summed E-state index contributed by atoms with van der Waals surface area (Å²) in [5, 5.41) is 12.3. The average Bonchev–Trinajstić information content (AvgIpc) is 3.57. The summed E-state index contributed by atoms with van der Waals surface area (Å²) in [6.07, 6.45) is -2.25. The molecule has 2 atom stereocenters. The largest absolute Gasteiger partial charge is 0.478 e. The van der Waals surface area contributed by atoms with Gasteiger partial charge < -0.3 is 10.4 Å². The van der Waals surface area contributed by atoms with Crippen molar-refractivity contribution in [2.75, 3.05) is 7.05 Å². The Kier molecular flexibility index (Phi) is 7.94. The zero-order valence-electron chi connectivity index (χ0n) is 20.5. The van der Waals surface area contributed by atoms with Gasteiger partial charge in [-0.3, -0.25) is 9.69 Å². The van der Waals surface area contributed by atoms with Gasteiger partial charge in [0.15, 0.2) is 0 Å². The Morgan fingerprint density at radius 2 is 1.60 bits per heavy atom. The second kappa shape index (κ2) is 10.4. The second-order valence-electron chi connectivity index (χ2n) is 10.0. The molecule has 0 radical (unpaired) electrons. The van der Waals surface area contributed by atoms with Crippen LogP contribution in [0, 0.1) is 11.8 Å². The van der Waals surface area contributed by atoms with Gasteiger partial charge in [-0.05, 0) is 73.5 Å². The molecule has 2 unspecified atom stereocenters. The highest BCUT2D eigenvalue weighted by molar-refractivity contribution is 5.87. The smallest absolute Gasteiger partial charge is 0.416 e. The van der Waals surface area contributed by atoms with Crippen LogP contribution in [0.4, 0.5) is 13.2 Å². The lowest BCUT2D eigenvalue weighted by Gasteiger charge is -2.32. The SMILES string of the molecule is CC(C)C(C)CC(C(=O)NC1(c2ccc(C(=O)O)cc2)CC1)N(C)Cc1ccc(C(F)(F)F)cc1. The third kappa shape index (κ3) is 6.63. The van der Waals surface area contributed by atoms with Gasteiger partial charge in [-0.2, -0.15) is 13.2 Å². The van der Waals surface area contributed by atoms with E-state index < -0.39 is 29.3 Å². The molecule has 0 aliphatic heterocycles. The normalized spacial score (nSPS) is 16.7. The molecule has 5 nitrogen and oxygen atoms in total. The monoisotopic (exact) mass is 490 g/mol. The Hall–Kier alpha value is -2.87. The molecule has 1 amide bonds. The van der Waals surface area contributed by atoms with Crippen molar-refractivity contribution in [1.29, 1.82) is 0 Å². The van der Waals surface area contributed by atoms with Crippen LogP contribution in [0.2, 0.25) is 0 Å². The highest BCUT2D eigenvalue weighted by Gasteiger charge is 2.47. The molecule has 190 valence electrons. The van der Waals surface area contributed by atoms with Gasteiger partial charge in [0.1, 0.15) is 0 Å². The van der Waals surface area contributed by atoms with Crippen LogP contribution in [0.5, 0.6) is 0 Å². The van der Waals surface area contributed by atoms with Gasteiger partial charge in [-0.15, -0.1) is 0 Å². The Morgan fingerprint density at radius 3 is 2.06 bits per heavy atom. The number of halogens is 3. The summed E-state index contributed by atoms with van der Waals surface area (Å²) in [5.41, 5.74) is 0.549. The molecule has 1 aliphatic carbocycles. The first kappa shape index (κ1) is 26.7. The Bertz CT molecular complexity index is 1030. The molecular weight excluding hydrogens is 457 g/mol. The molecule has 8 heteroatoms. The van der Waals surface area contributed by atoms with E-state index >= 15 is 0 Å². The lowest BCUT2D eigenvalue weighted by atomic mass is 9.89. The number of nitrogens with zero attached hydrogens (tertiary/aromatic N) is 1. The minimum absolute atomic E-state index is 0.133. The topological polar surface area (TPSA) is 69.6 Å². The van der Waals surface area contributed by atoms with E-state index in [1.54, 1.807) is 24.3 Å². The molecule has 0 spiro atoms. The molecule has 0 saturated heterocycles. The summed E-state index contributed by atoms with van der Waals surface area (Å²) < 4.78 is 38.7. The molecule has 2 N–H and O–H groups in total. The first-order valence-corrected chi connectivity index (χ1v) is 11.8. The van der Waals surface area contributed by atoms with E-state index in [1.807, 2.05) is 11.9 Å². The number of aromatic carboxylic acids is 1. The van der Waals surface area contributed by atoms with Crippen molar-refractivity contribution in [1.82, 2.24) is 10.2 Å².